The van der Waals surface area contributed by atoms with Crippen LogP contribution in [0, 0.1) is 0 Å². The monoisotopic (exact) mass is 567 g/mol. The van der Waals surface area contributed by atoms with Gasteiger partial charge in [0.1, 0.15) is 5.75 Å². The third-order valence-electron chi connectivity index (χ3n) is 3.98. The fraction of sp³-hybridized carbons (Fsp3) is 0.0500. The normalized spacial score (nSPS) is 12.3. The van der Waals surface area contributed by atoms with Gasteiger partial charge in [-0.1, -0.05) is 52.0 Å². The Morgan fingerprint density at radius 3 is 1.96 bits per heavy atom. The summed E-state index contributed by atoms with van der Waals surface area (Å²) in [6, 6.07) is 19.6. The number of fused-ring (bicyclic) bond motifs is 2. The van der Waals surface area contributed by atoms with E-state index in [4.69, 9.17) is 4.74 Å². The van der Waals surface area contributed by atoms with E-state index >= 15 is 0 Å². The van der Waals surface area contributed by atoms with Crippen LogP contribution in [-0.2, 0) is 4.79 Å². The van der Waals surface area contributed by atoms with Crippen LogP contribution in [0.5, 0.6) is 5.75 Å². The average molecular weight is 570 g/mol. The smallest absolute Gasteiger partial charge is 0.269 e. The molecule has 7 heteroatoms. The molecule has 3 aromatic rings. The number of halogens is 3. The van der Waals surface area contributed by atoms with E-state index in [1.54, 1.807) is 16.7 Å². The van der Waals surface area contributed by atoms with Gasteiger partial charge in [0.15, 0.2) is 6.61 Å². The van der Waals surface area contributed by atoms with E-state index in [9.17, 15) is 4.79 Å². The van der Waals surface area contributed by atoms with Gasteiger partial charge in [0.25, 0.3) is 5.91 Å². The first-order valence-corrected chi connectivity index (χ1v) is 11.2. The summed E-state index contributed by atoms with van der Waals surface area (Å²) in [6.45, 7) is -0.0772. The number of benzene rings is 3. The minimum absolute atomic E-state index is 0.0772. The molecule has 0 N–H and O–H groups in total. The summed E-state index contributed by atoms with van der Waals surface area (Å²) in [7, 11) is 0. The summed E-state index contributed by atoms with van der Waals surface area (Å²) in [4.78, 5) is 17.0. The van der Waals surface area contributed by atoms with Crippen molar-refractivity contribution in [3.63, 3.8) is 0 Å². The minimum atomic E-state index is -0.128. The Morgan fingerprint density at radius 1 is 0.889 bits per heavy atom. The van der Waals surface area contributed by atoms with Gasteiger partial charge in [0.05, 0.1) is 20.3 Å². The van der Waals surface area contributed by atoms with E-state index in [2.05, 4.69) is 47.8 Å². The van der Waals surface area contributed by atoms with Crippen LogP contribution in [0.2, 0.25) is 0 Å². The molecular weight excluding hydrogens is 558 g/mol. The lowest BCUT2D eigenvalue weighted by molar-refractivity contribution is -0.119. The lowest BCUT2D eigenvalue weighted by Crippen LogP contribution is -2.32. The van der Waals surface area contributed by atoms with Crippen LogP contribution in [0.3, 0.4) is 0 Å². The van der Waals surface area contributed by atoms with Gasteiger partial charge >= 0.3 is 0 Å². The highest BCUT2D eigenvalue weighted by Gasteiger charge is 2.28. The summed E-state index contributed by atoms with van der Waals surface area (Å²) in [6.07, 6.45) is 0. The molecule has 1 aliphatic rings. The largest absolute Gasteiger partial charge is 0.481 e. The number of ether oxygens (including phenoxy) is 1. The van der Waals surface area contributed by atoms with E-state index < -0.39 is 0 Å². The number of nitrogens with zero attached hydrogens (tertiary/aromatic N) is 1. The first-order valence-electron chi connectivity index (χ1n) is 8.01. The van der Waals surface area contributed by atoms with Crippen molar-refractivity contribution in [1.29, 1.82) is 0 Å². The third-order valence-corrected chi connectivity index (χ3v) is 6.75. The van der Waals surface area contributed by atoms with Gasteiger partial charge < -0.3 is 4.74 Å². The van der Waals surface area contributed by atoms with Crippen molar-refractivity contribution < 1.29 is 9.53 Å². The highest BCUT2D eigenvalue weighted by atomic mass is 79.9. The number of carbonyl (C=O) groups excluding carboxylic acids is 1. The molecule has 3 aromatic carbocycles. The molecule has 4 rings (SSSR count). The molecule has 0 spiro atoms. The fourth-order valence-electron chi connectivity index (χ4n) is 2.84. The SMILES string of the molecule is O=C(COc1c(Br)cc(Br)cc1Br)N1c2ccccc2Sc2ccccc21. The molecule has 0 radical (unpaired) electrons. The van der Waals surface area contributed by atoms with Gasteiger partial charge in [-0.3, -0.25) is 9.69 Å². The summed E-state index contributed by atoms with van der Waals surface area (Å²) >= 11 is 12.1. The Morgan fingerprint density at radius 2 is 1.41 bits per heavy atom. The van der Waals surface area contributed by atoms with Crippen molar-refractivity contribution in [3.05, 3.63) is 74.1 Å². The van der Waals surface area contributed by atoms with E-state index in [0.29, 0.717) is 5.75 Å². The fourth-order valence-corrected chi connectivity index (χ4v) is 6.38. The third kappa shape index (κ3) is 3.83. The summed E-state index contributed by atoms with van der Waals surface area (Å²) in [5.41, 5.74) is 1.76. The van der Waals surface area contributed by atoms with Crippen LogP contribution < -0.4 is 9.64 Å². The quantitative estimate of drug-likeness (QED) is 0.334. The van der Waals surface area contributed by atoms with Gasteiger partial charge in [0.2, 0.25) is 0 Å². The van der Waals surface area contributed by atoms with Crippen LogP contribution >= 0.6 is 59.6 Å². The maximum Gasteiger partial charge on any atom is 0.269 e. The van der Waals surface area contributed by atoms with E-state index in [-0.39, 0.29) is 12.5 Å². The Kier molecular flexibility index (Phi) is 5.64. The number of hydrogen-bond acceptors (Lipinski definition) is 3. The molecule has 0 atom stereocenters. The zero-order valence-electron chi connectivity index (χ0n) is 13.8. The standard InChI is InChI=1S/C20H12Br3NO2S/c21-12-9-13(22)20(14(23)10-12)26-11-19(25)24-15-5-1-3-7-17(15)27-18-8-4-2-6-16(18)24/h1-10H,11H2. The molecule has 1 heterocycles. The Labute approximate surface area is 186 Å². The molecule has 3 nitrogen and oxygen atoms in total. The predicted octanol–water partition coefficient (Wildman–Crippen LogP) is 7.18. The molecule has 0 unspecified atom stereocenters. The van der Waals surface area contributed by atoms with Crippen molar-refractivity contribution in [1.82, 2.24) is 0 Å². The summed E-state index contributed by atoms with van der Waals surface area (Å²) < 4.78 is 8.31. The molecule has 0 saturated carbocycles. The van der Waals surface area contributed by atoms with Crippen molar-refractivity contribution in [2.45, 2.75) is 9.79 Å². The summed E-state index contributed by atoms with van der Waals surface area (Å²) in [5.74, 6) is 0.469. The van der Waals surface area contributed by atoms with Crippen LogP contribution in [0.4, 0.5) is 11.4 Å². The molecule has 0 aliphatic carbocycles. The highest BCUT2D eigenvalue weighted by Crippen LogP contribution is 2.48. The number of anilines is 2. The number of hydrogen-bond donors (Lipinski definition) is 0. The Bertz CT molecular complexity index is 973. The van der Waals surface area contributed by atoms with Crippen molar-refractivity contribution in [3.8, 4) is 5.75 Å². The van der Waals surface area contributed by atoms with Gasteiger partial charge in [0, 0.05) is 14.3 Å². The predicted molar refractivity (Wildman–Crippen MR) is 119 cm³/mol. The molecule has 1 amide bonds. The maximum absolute atomic E-state index is 13.1. The van der Waals surface area contributed by atoms with Crippen molar-refractivity contribution in [2.75, 3.05) is 11.5 Å². The van der Waals surface area contributed by atoms with Crippen LogP contribution in [0.15, 0.2) is 83.9 Å². The van der Waals surface area contributed by atoms with E-state index in [0.717, 1.165) is 34.6 Å². The van der Waals surface area contributed by atoms with Crippen molar-refractivity contribution >= 4 is 76.8 Å². The minimum Gasteiger partial charge on any atom is -0.481 e. The maximum atomic E-state index is 13.1. The lowest BCUT2D eigenvalue weighted by atomic mass is 10.2. The molecule has 0 aromatic heterocycles. The molecule has 27 heavy (non-hydrogen) atoms. The number of para-hydroxylation sites is 2. The first-order chi connectivity index (χ1) is 13.0. The van der Waals surface area contributed by atoms with Gasteiger partial charge in [-0.2, -0.15) is 0 Å². The summed E-state index contributed by atoms with van der Waals surface area (Å²) in [5, 5.41) is 0. The molecule has 0 fully saturated rings. The van der Waals surface area contributed by atoms with Crippen LogP contribution in [0.25, 0.3) is 0 Å². The Hall–Kier alpha value is -1.28. The second kappa shape index (κ2) is 7.99. The molecule has 0 bridgehead atoms. The average Bonchev–Trinajstić information content (AvgIpc) is 2.65. The lowest BCUT2D eigenvalue weighted by Gasteiger charge is -2.31. The molecule has 0 saturated heterocycles. The van der Waals surface area contributed by atoms with Crippen molar-refractivity contribution in [2.24, 2.45) is 0 Å². The topological polar surface area (TPSA) is 29.5 Å². The zero-order valence-corrected chi connectivity index (χ0v) is 19.4. The second-order valence-corrected chi connectivity index (χ2v) is 9.46. The Balaban J connectivity index is 1.65. The van der Waals surface area contributed by atoms with Gasteiger partial charge in [-0.25, -0.2) is 0 Å². The van der Waals surface area contributed by atoms with Gasteiger partial charge in [-0.05, 0) is 68.3 Å². The number of amides is 1. The first kappa shape index (κ1) is 19.1. The molecule has 1 aliphatic heterocycles. The second-order valence-electron chi connectivity index (χ2n) is 5.75. The van der Waals surface area contributed by atoms with Crippen LogP contribution in [-0.4, -0.2) is 12.5 Å². The molecular formula is C20H12Br3NO2S. The number of carbonyl (C=O) groups is 1. The van der Waals surface area contributed by atoms with E-state index in [1.165, 1.54) is 0 Å². The van der Waals surface area contributed by atoms with E-state index in [1.807, 2.05) is 60.7 Å². The molecule has 136 valence electrons. The van der Waals surface area contributed by atoms with Crippen LogP contribution in [0.1, 0.15) is 0 Å². The highest BCUT2D eigenvalue weighted by molar-refractivity contribution is 9.11. The zero-order chi connectivity index (χ0) is 19.0. The van der Waals surface area contributed by atoms with Gasteiger partial charge in [-0.15, -0.1) is 0 Å². The number of rotatable bonds is 3.